The van der Waals surface area contributed by atoms with Crippen molar-refractivity contribution in [2.75, 3.05) is 6.61 Å². The van der Waals surface area contributed by atoms with Crippen LogP contribution in [0.2, 0.25) is 0 Å². The molecule has 1 rings (SSSR count). The van der Waals surface area contributed by atoms with Crippen LogP contribution >= 0.6 is 0 Å². The van der Waals surface area contributed by atoms with E-state index < -0.39 is 11.9 Å². The topological polar surface area (TPSA) is 51.2 Å². The lowest BCUT2D eigenvalue weighted by Crippen LogP contribution is -2.24. The first-order valence-corrected chi connectivity index (χ1v) is 3.78. The Morgan fingerprint density at radius 1 is 1.69 bits per heavy atom. The normalized spacial score (nSPS) is 9.69. The van der Waals surface area contributed by atoms with Crippen LogP contribution in [0.4, 0.5) is 4.39 Å². The third-order valence-electron chi connectivity index (χ3n) is 1.26. The van der Waals surface area contributed by atoms with Gasteiger partial charge in [-0.1, -0.05) is 6.07 Å². The molecule has 0 fully saturated rings. The molecule has 0 spiro atoms. The lowest BCUT2D eigenvalue weighted by Gasteiger charge is -2.01. The summed E-state index contributed by atoms with van der Waals surface area (Å²) in [6, 6.07) is 3.97. The zero-order valence-corrected chi connectivity index (χ0v) is 7.08. The van der Waals surface area contributed by atoms with Gasteiger partial charge >= 0.3 is 0 Å². The maximum absolute atomic E-state index is 12.5. The number of aromatic nitrogens is 1. The summed E-state index contributed by atoms with van der Waals surface area (Å²) in [6.45, 7) is 2.07. The molecule has 1 aromatic rings. The van der Waals surface area contributed by atoms with Crippen molar-refractivity contribution in [2.45, 2.75) is 6.92 Å². The fourth-order valence-electron chi connectivity index (χ4n) is 0.725. The van der Waals surface area contributed by atoms with Crippen LogP contribution in [0.1, 0.15) is 17.4 Å². The van der Waals surface area contributed by atoms with Crippen LogP contribution < -0.4 is 5.48 Å². The Kier molecular flexibility index (Phi) is 3.33. The molecule has 1 amide bonds. The van der Waals surface area contributed by atoms with E-state index in [0.29, 0.717) is 6.61 Å². The smallest absolute Gasteiger partial charge is 0.274 e. The van der Waals surface area contributed by atoms with E-state index in [0.717, 1.165) is 6.07 Å². The Morgan fingerprint density at radius 3 is 3.08 bits per heavy atom. The molecule has 0 unspecified atom stereocenters. The highest BCUT2D eigenvalue weighted by Gasteiger charge is 2.06. The van der Waals surface area contributed by atoms with E-state index in [1.807, 2.05) is 0 Å². The van der Waals surface area contributed by atoms with E-state index in [4.69, 9.17) is 0 Å². The van der Waals surface area contributed by atoms with Crippen molar-refractivity contribution in [3.63, 3.8) is 0 Å². The number of hydrogen-bond donors (Lipinski definition) is 1. The van der Waals surface area contributed by atoms with Crippen LogP contribution in [0.3, 0.4) is 0 Å². The molecule has 13 heavy (non-hydrogen) atoms. The predicted molar refractivity (Wildman–Crippen MR) is 43.3 cm³/mol. The number of nitrogens with zero attached hydrogens (tertiary/aromatic N) is 1. The number of nitrogens with one attached hydrogen (secondary N) is 1. The number of halogens is 1. The summed E-state index contributed by atoms with van der Waals surface area (Å²) in [7, 11) is 0. The van der Waals surface area contributed by atoms with E-state index >= 15 is 0 Å². The second kappa shape index (κ2) is 4.51. The standard InChI is InChI=1S/C8H9FN2O2/c1-2-13-11-8(12)6-4-3-5-7(9)10-6/h3-5H,2H2,1H3,(H,11,12). The van der Waals surface area contributed by atoms with Crippen molar-refractivity contribution < 1.29 is 14.0 Å². The zero-order chi connectivity index (χ0) is 9.68. The third kappa shape index (κ3) is 2.79. The van der Waals surface area contributed by atoms with Crippen molar-refractivity contribution in [3.8, 4) is 0 Å². The number of hydrogen-bond acceptors (Lipinski definition) is 3. The average Bonchev–Trinajstić information content (AvgIpc) is 2.14. The summed E-state index contributed by atoms with van der Waals surface area (Å²) >= 11 is 0. The van der Waals surface area contributed by atoms with E-state index in [1.54, 1.807) is 6.92 Å². The van der Waals surface area contributed by atoms with E-state index in [1.165, 1.54) is 12.1 Å². The van der Waals surface area contributed by atoms with Crippen molar-refractivity contribution in [1.82, 2.24) is 10.5 Å². The van der Waals surface area contributed by atoms with Crippen LogP contribution in [0.25, 0.3) is 0 Å². The van der Waals surface area contributed by atoms with Gasteiger partial charge in [0, 0.05) is 0 Å². The number of amides is 1. The van der Waals surface area contributed by atoms with Crippen molar-refractivity contribution in [2.24, 2.45) is 0 Å². The van der Waals surface area contributed by atoms with E-state index in [9.17, 15) is 9.18 Å². The van der Waals surface area contributed by atoms with Gasteiger partial charge in [0.15, 0.2) is 0 Å². The Bertz CT molecular complexity index is 304. The van der Waals surface area contributed by atoms with Crippen molar-refractivity contribution in [3.05, 3.63) is 29.8 Å². The highest BCUT2D eigenvalue weighted by Crippen LogP contribution is 1.97. The summed E-state index contributed by atoms with van der Waals surface area (Å²) in [5.41, 5.74) is 2.10. The SMILES string of the molecule is CCONC(=O)c1cccc(F)n1. The molecule has 0 bridgehead atoms. The molecule has 1 N–H and O–H groups in total. The quantitative estimate of drug-likeness (QED) is 0.561. The van der Waals surface area contributed by atoms with Crippen LogP contribution in [0.5, 0.6) is 0 Å². The number of carbonyl (C=O) groups is 1. The molecule has 1 aromatic heterocycles. The van der Waals surface area contributed by atoms with Gasteiger partial charge in [-0.15, -0.1) is 0 Å². The van der Waals surface area contributed by atoms with Crippen LogP contribution in [0, 0.1) is 5.95 Å². The predicted octanol–water partition coefficient (Wildman–Crippen LogP) is 0.902. The molecule has 4 nitrogen and oxygen atoms in total. The number of rotatable bonds is 3. The molecule has 0 aliphatic rings. The molecule has 0 aromatic carbocycles. The van der Waals surface area contributed by atoms with Gasteiger partial charge in [0.2, 0.25) is 5.95 Å². The molecule has 1 heterocycles. The first-order valence-electron chi connectivity index (χ1n) is 3.78. The van der Waals surface area contributed by atoms with Crippen molar-refractivity contribution in [1.29, 1.82) is 0 Å². The molecule has 0 aliphatic carbocycles. The minimum Gasteiger partial charge on any atom is -0.274 e. The van der Waals surface area contributed by atoms with Gasteiger partial charge in [-0.25, -0.2) is 10.5 Å². The van der Waals surface area contributed by atoms with Gasteiger partial charge in [0.1, 0.15) is 5.69 Å². The monoisotopic (exact) mass is 184 g/mol. The molecule has 70 valence electrons. The minimum atomic E-state index is -0.691. The zero-order valence-electron chi connectivity index (χ0n) is 7.08. The summed E-state index contributed by atoms with van der Waals surface area (Å²) < 4.78 is 12.5. The third-order valence-corrected chi connectivity index (χ3v) is 1.26. The van der Waals surface area contributed by atoms with Crippen LogP contribution in [-0.4, -0.2) is 17.5 Å². The van der Waals surface area contributed by atoms with Gasteiger partial charge in [-0.2, -0.15) is 4.39 Å². The molecule has 0 atom stereocenters. The molecule has 0 radical (unpaired) electrons. The van der Waals surface area contributed by atoms with Gasteiger partial charge < -0.3 is 0 Å². The van der Waals surface area contributed by atoms with Crippen molar-refractivity contribution >= 4 is 5.91 Å². The summed E-state index contributed by atoms with van der Waals surface area (Å²) in [5, 5.41) is 0. The largest absolute Gasteiger partial charge is 0.293 e. The number of pyridine rings is 1. The molecule has 0 saturated heterocycles. The Balaban J connectivity index is 2.66. The first kappa shape index (κ1) is 9.60. The highest BCUT2D eigenvalue weighted by molar-refractivity contribution is 5.91. The van der Waals surface area contributed by atoms with Crippen LogP contribution in [0.15, 0.2) is 18.2 Å². The van der Waals surface area contributed by atoms with Gasteiger partial charge in [-0.3, -0.25) is 9.63 Å². The highest BCUT2D eigenvalue weighted by atomic mass is 19.1. The number of carbonyl (C=O) groups excluding carboxylic acids is 1. The summed E-state index contributed by atoms with van der Waals surface area (Å²) in [6.07, 6.45) is 0. The maximum atomic E-state index is 12.5. The summed E-state index contributed by atoms with van der Waals surface area (Å²) in [4.78, 5) is 19.1. The lowest BCUT2D eigenvalue weighted by molar-refractivity contribution is 0.0359. The number of hydroxylamine groups is 1. The van der Waals surface area contributed by atoms with Crippen LogP contribution in [-0.2, 0) is 4.84 Å². The second-order valence-electron chi connectivity index (χ2n) is 2.21. The molecule has 0 saturated carbocycles. The van der Waals surface area contributed by atoms with Gasteiger partial charge in [-0.05, 0) is 19.1 Å². The Labute approximate surface area is 74.7 Å². The molecule has 0 aliphatic heterocycles. The Morgan fingerprint density at radius 2 is 2.46 bits per heavy atom. The molecular formula is C8H9FN2O2. The first-order chi connectivity index (χ1) is 6.24. The fraction of sp³-hybridized carbons (Fsp3) is 0.250. The van der Waals surface area contributed by atoms with E-state index in [2.05, 4.69) is 15.3 Å². The molecule has 5 heteroatoms. The van der Waals surface area contributed by atoms with Gasteiger partial charge in [0.05, 0.1) is 6.61 Å². The maximum Gasteiger partial charge on any atom is 0.293 e. The second-order valence-corrected chi connectivity index (χ2v) is 2.21. The molecular weight excluding hydrogens is 175 g/mol. The van der Waals surface area contributed by atoms with Gasteiger partial charge in [0.25, 0.3) is 5.91 Å². The lowest BCUT2D eigenvalue weighted by atomic mass is 10.3. The minimum absolute atomic E-state index is 0.00606. The Hall–Kier alpha value is -1.49. The summed E-state index contributed by atoms with van der Waals surface area (Å²) in [5.74, 6) is -1.24. The van der Waals surface area contributed by atoms with E-state index in [-0.39, 0.29) is 5.69 Å². The fourth-order valence-corrected chi connectivity index (χ4v) is 0.725. The average molecular weight is 184 g/mol.